The number of aromatic nitrogens is 1. The first-order valence-electron chi connectivity index (χ1n) is 11.0. The van der Waals surface area contributed by atoms with Crippen molar-refractivity contribution >= 4 is 32.5 Å². The lowest BCUT2D eigenvalue weighted by Gasteiger charge is -2.36. The summed E-state index contributed by atoms with van der Waals surface area (Å²) in [6.07, 6.45) is 3.44. The van der Waals surface area contributed by atoms with Crippen LogP contribution in [0.15, 0.2) is 16.6 Å². The van der Waals surface area contributed by atoms with Crippen LogP contribution in [0.1, 0.15) is 37.7 Å². The standard InChI is InChI=1S/C23H27BrFN5O/c1-12(9-26)15-7-16-17(28-22-13-6-18(22)27-10-13)8-19(29-23(16)21(25)20(15)24)31-11-14-4-3-5-30(14)2/h7-8,12-14,18,22,27H,3-6,10-11H2,1-2H3,(H,28,29)/t12?,13?,14-,18?,22?/m0/s1. The summed E-state index contributed by atoms with van der Waals surface area (Å²) in [5, 5.41) is 17.2. The fourth-order valence-corrected chi connectivity index (χ4v) is 5.76. The number of fused-ring (bicyclic) bond motifs is 2. The summed E-state index contributed by atoms with van der Waals surface area (Å²) >= 11 is 3.35. The second-order valence-corrected chi connectivity index (χ2v) is 9.91. The maximum atomic E-state index is 15.4. The van der Waals surface area contributed by atoms with E-state index in [9.17, 15) is 5.26 Å². The Labute approximate surface area is 190 Å². The van der Waals surface area contributed by atoms with Gasteiger partial charge in [0.1, 0.15) is 12.1 Å². The summed E-state index contributed by atoms with van der Waals surface area (Å²) in [5.74, 6) is 0.136. The average molecular weight is 488 g/mol. The molecule has 5 atom stereocenters. The van der Waals surface area contributed by atoms with E-state index in [-0.39, 0.29) is 5.52 Å². The van der Waals surface area contributed by atoms with Crippen LogP contribution < -0.4 is 15.4 Å². The zero-order chi connectivity index (χ0) is 21.7. The van der Waals surface area contributed by atoms with Gasteiger partial charge in [-0.15, -0.1) is 0 Å². The number of rotatable bonds is 6. The Bertz CT molecular complexity index is 1040. The van der Waals surface area contributed by atoms with Crippen LogP contribution in [0.25, 0.3) is 10.9 Å². The maximum absolute atomic E-state index is 15.4. The van der Waals surface area contributed by atoms with E-state index in [0.29, 0.717) is 52.0 Å². The number of halogens is 2. The average Bonchev–Trinajstić information content (AvgIpc) is 3.50. The number of ether oxygens (including phenoxy) is 1. The molecular weight excluding hydrogens is 461 g/mol. The quantitative estimate of drug-likeness (QED) is 0.641. The number of nitrogens with zero attached hydrogens (tertiary/aromatic N) is 3. The van der Waals surface area contributed by atoms with Gasteiger partial charge in [0, 0.05) is 41.8 Å². The van der Waals surface area contributed by atoms with Crippen molar-refractivity contribution in [2.45, 2.75) is 50.2 Å². The van der Waals surface area contributed by atoms with Crippen molar-refractivity contribution in [3.05, 3.63) is 28.0 Å². The fraction of sp³-hybridized carbons (Fsp3) is 0.565. The zero-order valence-corrected chi connectivity index (χ0v) is 19.4. The predicted octanol–water partition coefficient (Wildman–Crippen LogP) is 4.01. The number of nitriles is 1. The normalized spacial score (nSPS) is 28.4. The summed E-state index contributed by atoms with van der Waals surface area (Å²) in [7, 11) is 2.11. The molecule has 0 spiro atoms. The molecule has 1 aliphatic carbocycles. The van der Waals surface area contributed by atoms with E-state index in [1.54, 1.807) is 6.92 Å². The molecule has 4 unspecified atom stereocenters. The number of nitrogens with one attached hydrogen (secondary N) is 2. The third-order valence-electron chi connectivity index (χ3n) is 7.21. The minimum absolute atomic E-state index is 0.264. The van der Waals surface area contributed by atoms with Crippen LogP contribution in [-0.4, -0.2) is 54.8 Å². The largest absolute Gasteiger partial charge is 0.476 e. The molecule has 0 radical (unpaired) electrons. The van der Waals surface area contributed by atoms with Crippen LogP contribution in [-0.2, 0) is 0 Å². The lowest BCUT2D eigenvalue weighted by atomic mass is 9.80. The summed E-state index contributed by atoms with van der Waals surface area (Å²) in [5.41, 5.74) is 1.72. The highest BCUT2D eigenvalue weighted by Gasteiger charge is 2.46. The Balaban J connectivity index is 1.54. The predicted molar refractivity (Wildman–Crippen MR) is 122 cm³/mol. The summed E-state index contributed by atoms with van der Waals surface area (Å²) in [6, 6.07) is 7.11. The van der Waals surface area contributed by atoms with Crippen LogP contribution in [0.2, 0.25) is 0 Å². The third-order valence-corrected chi connectivity index (χ3v) is 8.01. The molecule has 3 saturated heterocycles. The minimum atomic E-state index is -0.448. The Hall–Kier alpha value is -1.95. The Morgan fingerprint density at radius 1 is 1.48 bits per heavy atom. The SMILES string of the molecule is CC(C#N)c1cc2c(NC3C4CNC3C4)cc(OC[C@@H]3CCCN3C)nc2c(F)c1Br. The molecule has 6 nitrogen and oxygen atoms in total. The lowest BCUT2D eigenvalue weighted by molar-refractivity contribution is 0.193. The summed E-state index contributed by atoms with van der Waals surface area (Å²) < 4.78 is 21.8. The van der Waals surface area contributed by atoms with Crippen molar-refractivity contribution in [2.75, 3.05) is 32.1 Å². The van der Waals surface area contributed by atoms with E-state index in [1.165, 1.54) is 12.8 Å². The number of hydrogen-bond donors (Lipinski definition) is 2. The molecule has 2 bridgehead atoms. The molecule has 2 N–H and O–H groups in total. The van der Waals surface area contributed by atoms with Gasteiger partial charge >= 0.3 is 0 Å². The number of benzene rings is 1. The van der Waals surface area contributed by atoms with Crippen LogP contribution in [0.5, 0.6) is 5.88 Å². The van der Waals surface area contributed by atoms with Crippen LogP contribution in [0.3, 0.4) is 0 Å². The second kappa shape index (κ2) is 8.19. The van der Waals surface area contributed by atoms with Gasteiger partial charge < -0.3 is 20.3 Å². The Morgan fingerprint density at radius 3 is 2.97 bits per heavy atom. The number of pyridine rings is 1. The molecule has 31 heavy (non-hydrogen) atoms. The van der Waals surface area contributed by atoms with E-state index < -0.39 is 11.7 Å². The summed E-state index contributed by atoms with van der Waals surface area (Å²) in [6.45, 7) is 4.40. The van der Waals surface area contributed by atoms with Gasteiger partial charge in [-0.3, -0.25) is 0 Å². The molecule has 3 aliphatic heterocycles. The molecule has 6 rings (SSSR count). The first-order valence-corrected chi connectivity index (χ1v) is 11.8. The van der Waals surface area contributed by atoms with Gasteiger partial charge in [-0.2, -0.15) is 5.26 Å². The van der Waals surface area contributed by atoms with E-state index in [4.69, 9.17) is 4.74 Å². The summed E-state index contributed by atoms with van der Waals surface area (Å²) in [4.78, 5) is 6.83. The van der Waals surface area contributed by atoms with Gasteiger partial charge in [0.05, 0.1) is 16.5 Å². The van der Waals surface area contributed by atoms with Gasteiger partial charge in [-0.25, -0.2) is 9.37 Å². The first kappa shape index (κ1) is 20.9. The highest BCUT2D eigenvalue weighted by Crippen LogP contribution is 2.41. The highest BCUT2D eigenvalue weighted by molar-refractivity contribution is 9.10. The van der Waals surface area contributed by atoms with Gasteiger partial charge in [-0.1, -0.05) is 0 Å². The Kier molecular flexibility index (Phi) is 5.53. The zero-order valence-electron chi connectivity index (χ0n) is 17.8. The van der Waals surface area contributed by atoms with Gasteiger partial charge in [0.15, 0.2) is 5.82 Å². The highest BCUT2D eigenvalue weighted by atomic mass is 79.9. The first-order chi connectivity index (χ1) is 15.0. The molecule has 8 heteroatoms. The van der Waals surface area contributed by atoms with E-state index in [1.807, 2.05) is 12.1 Å². The number of likely N-dealkylation sites (tertiary alicyclic amines) is 1. The smallest absolute Gasteiger partial charge is 0.216 e. The van der Waals surface area contributed by atoms with Gasteiger partial charge in [0.25, 0.3) is 0 Å². The lowest BCUT2D eigenvalue weighted by Crippen LogP contribution is -2.47. The molecule has 1 aromatic carbocycles. The Morgan fingerprint density at radius 2 is 2.32 bits per heavy atom. The monoisotopic (exact) mass is 487 g/mol. The maximum Gasteiger partial charge on any atom is 0.216 e. The second-order valence-electron chi connectivity index (χ2n) is 9.12. The van der Waals surface area contributed by atoms with Crippen LogP contribution in [0.4, 0.5) is 10.1 Å². The molecule has 4 fully saturated rings. The van der Waals surface area contributed by atoms with Crippen molar-refractivity contribution in [2.24, 2.45) is 5.92 Å². The molecule has 164 valence electrons. The van der Waals surface area contributed by atoms with Crippen molar-refractivity contribution in [1.82, 2.24) is 15.2 Å². The fourth-order valence-electron chi connectivity index (χ4n) is 5.12. The van der Waals surface area contributed by atoms with Crippen molar-refractivity contribution in [3.63, 3.8) is 0 Å². The van der Waals surface area contributed by atoms with E-state index >= 15 is 4.39 Å². The van der Waals surface area contributed by atoms with Crippen molar-refractivity contribution in [1.29, 1.82) is 5.26 Å². The molecule has 1 saturated carbocycles. The van der Waals surface area contributed by atoms with Gasteiger partial charge in [-0.05, 0) is 73.3 Å². The van der Waals surface area contributed by atoms with E-state index in [2.05, 4.69) is 49.6 Å². The molecule has 0 amide bonds. The number of anilines is 1. The van der Waals surface area contributed by atoms with Crippen molar-refractivity contribution in [3.8, 4) is 11.9 Å². The third kappa shape index (κ3) is 3.67. The molecular formula is C23H27BrFN5O. The minimum Gasteiger partial charge on any atom is -0.476 e. The number of hydrogen-bond acceptors (Lipinski definition) is 6. The van der Waals surface area contributed by atoms with Crippen LogP contribution >= 0.6 is 15.9 Å². The van der Waals surface area contributed by atoms with E-state index in [0.717, 1.165) is 25.2 Å². The van der Waals surface area contributed by atoms with Crippen LogP contribution in [0, 0.1) is 23.1 Å². The topological polar surface area (TPSA) is 73.2 Å². The molecule has 1 aromatic heterocycles. The number of likely N-dealkylation sites (N-methyl/N-ethyl adjacent to an activating group) is 1. The van der Waals surface area contributed by atoms with Gasteiger partial charge in [0.2, 0.25) is 5.88 Å². The van der Waals surface area contributed by atoms with Crippen molar-refractivity contribution < 1.29 is 9.13 Å². The molecule has 2 aromatic rings. The molecule has 4 aliphatic rings. The molecule has 4 heterocycles.